The van der Waals surface area contributed by atoms with Gasteiger partial charge >= 0.3 is 12.0 Å². The molecule has 1 aromatic carbocycles. The van der Waals surface area contributed by atoms with E-state index >= 15 is 0 Å². The lowest BCUT2D eigenvalue weighted by molar-refractivity contribution is -0.140. The highest BCUT2D eigenvalue weighted by Crippen LogP contribution is 2.49. The predicted octanol–water partition coefficient (Wildman–Crippen LogP) is 5.50. The zero-order valence-electron chi connectivity index (χ0n) is 27.9. The van der Waals surface area contributed by atoms with Crippen LogP contribution in [0.2, 0.25) is 0 Å². The molecule has 4 aliphatic rings. The summed E-state index contributed by atoms with van der Waals surface area (Å²) >= 11 is 0. The lowest BCUT2D eigenvalue weighted by Crippen LogP contribution is -2.55. The van der Waals surface area contributed by atoms with Crippen LogP contribution in [0.4, 0.5) is 36.7 Å². The third kappa shape index (κ3) is 6.84. The van der Waals surface area contributed by atoms with Gasteiger partial charge in [-0.15, -0.1) is 0 Å². The number of piperidine rings is 1. The number of hydrogen-bond acceptors (Lipinski definition) is 9. The largest absolute Gasteiger partial charge is 0.495 e. The van der Waals surface area contributed by atoms with Crippen LogP contribution in [0.3, 0.4) is 0 Å². The van der Waals surface area contributed by atoms with Crippen LogP contribution >= 0.6 is 0 Å². The third-order valence-corrected chi connectivity index (χ3v) is 10.3. The molecule has 1 saturated heterocycles. The van der Waals surface area contributed by atoms with Crippen LogP contribution in [0.1, 0.15) is 81.5 Å². The maximum atomic E-state index is 14.9. The Labute approximate surface area is 279 Å². The molecule has 1 aromatic heterocycles. The number of alkyl halides is 2. The van der Waals surface area contributed by atoms with Gasteiger partial charge in [0.05, 0.1) is 32.1 Å². The minimum Gasteiger partial charge on any atom is -0.495 e. The number of hydrogen-bond donors (Lipinski definition) is 2. The van der Waals surface area contributed by atoms with E-state index in [2.05, 4.69) is 27.5 Å². The summed E-state index contributed by atoms with van der Waals surface area (Å²) in [5.41, 5.74) is 1.29. The first-order valence-electron chi connectivity index (χ1n) is 17.0. The van der Waals surface area contributed by atoms with Crippen molar-refractivity contribution in [3.63, 3.8) is 0 Å². The number of fused-ring (bicyclic) bond motifs is 1. The van der Waals surface area contributed by atoms with E-state index in [0.717, 1.165) is 69.1 Å². The fourth-order valence-electron chi connectivity index (χ4n) is 7.48. The normalized spacial score (nSPS) is 20.6. The molecule has 0 bridgehead atoms. The topological polar surface area (TPSA) is 129 Å². The van der Waals surface area contributed by atoms with Crippen molar-refractivity contribution in [3.05, 3.63) is 30.0 Å². The van der Waals surface area contributed by atoms with Crippen LogP contribution in [0.5, 0.6) is 5.75 Å². The van der Waals surface area contributed by atoms with E-state index in [0.29, 0.717) is 36.7 Å². The van der Waals surface area contributed by atoms with E-state index in [-0.39, 0.29) is 47.0 Å². The molecule has 3 amide bonds. The van der Waals surface area contributed by atoms with Crippen molar-refractivity contribution < 1.29 is 32.6 Å². The lowest BCUT2D eigenvalue weighted by atomic mass is 9.60. The van der Waals surface area contributed by atoms with Crippen LogP contribution in [0.25, 0.3) is 0 Å². The Morgan fingerprint density at radius 2 is 1.85 bits per heavy atom. The number of amides is 3. The van der Waals surface area contributed by atoms with Crippen molar-refractivity contribution in [1.82, 2.24) is 20.2 Å². The number of nitrogens with one attached hydrogen (secondary N) is 2. The second-order valence-corrected chi connectivity index (χ2v) is 13.6. The minimum atomic E-state index is -3.56. The van der Waals surface area contributed by atoms with Crippen LogP contribution in [0, 0.1) is 5.41 Å². The highest BCUT2D eigenvalue weighted by molar-refractivity contribution is 6.02. The van der Waals surface area contributed by atoms with Gasteiger partial charge in [0, 0.05) is 37.8 Å². The Bertz CT molecular complexity index is 1520. The quantitative estimate of drug-likeness (QED) is 0.333. The number of carbonyl (C=O) groups is 3. The molecule has 3 heterocycles. The second kappa shape index (κ2) is 13.7. The summed E-state index contributed by atoms with van der Waals surface area (Å²) in [4.78, 5) is 51.3. The van der Waals surface area contributed by atoms with E-state index in [1.165, 1.54) is 20.4 Å². The van der Waals surface area contributed by atoms with E-state index in [4.69, 9.17) is 9.47 Å². The van der Waals surface area contributed by atoms with Crippen molar-refractivity contribution >= 4 is 41.0 Å². The maximum Gasteiger partial charge on any atom is 0.409 e. The molecule has 2 aromatic rings. The summed E-state index contributed by atoms with van der Waals surface area (Å²) in [5, 5.41) is 6.25. The molecule has 0 unspecified atom stereocenters. The Morgan fingerprint density at radius 1 is 1.12 bits per heavy atom. The number of halogens is 2. The summed E-state index contributed by atoms with van der Waals surface area (Å²) in [6.45, 7) is 3.12. The molecule has 2 N–H and O–H groups in total. The number of rotatable bonds is 9. The molecule has 0 radical (unpaired) electrons. The first-order valence-corrected chi connectivity index (χ1v) is 17.0. The van der Waals surface area contributed by atoms with E-state index in [1.807, 2.05) is 0 Å². The molecule has 0 atom stereocenters. The molecular formula is C34H45F2N7O5. The highest BCUT2D eigenvalue weighted by atomic mass is 19.3. The van der Waals surface area contributed by atoms with Gasteiger partial charge in [-0.05, 0) is 68.6 Å². The van der Waals surface area contributed by atoms with Gasteiger partial charge in [0.1, 0.15) is 11.4 Å². The van der Waals surface area contributed by atoms with E-state index in [9.17, 15) is 23.2 Å². The Kier molecular flexibility index (Phi) is 9.62. The lowest BCUT2D eigenvalue weighted by Gasteiger charge is -2.52. The number of benzene rings is 1. The first-order chi connectivity index (χ1) is 23.0. The Balaban J connectivity index is 1.09. The molecule has 2 saturated carbocycles. The van der Waals surface area contributed by atoms with Crippen LogP contribution in [-0.4, -0.2) is 91.2 Å². The zero-order chi connectivity index (χ0) is 34.1. The van der Waals surface area contributed by atoms with Crippen LogP contribution in [0.15, 0.2) is 24.4 Å². The van der Waals surface area contributed by atoms with Gasteiger partial charge in [-0.3, -0.25) is 9.59 Å². The summed E-state index contributed by atoms with van der Waals surface area (Å²) in [6, 6.07) is 4.91. The fraction of sp³-hybridized carbons (Fsp3) is 0.618. The van der Waals surface area contributed by atoms with Gasteiger partial charge in [0.25, 0.3) is 11.8 Å². The number of aromatic nitrogens is 2. The van der Waals surface area contributed by atoms with Gasteiger partial charge in [0.2, 0.25) is 5.95 Å². The van der Waals surface area contributed by atoms with Gasteiger partial charge in [-0.25, -0.2) is 9.78 Å². The molecule has 12 nitrogen and oxygen atoms in total. The second-order valence-electron chi connectivity index (χ2n) is 13.6. The van der Waals surface area contributed by atoms with Gasteiger partial charge in [0.15, 0.2) is 5.82 Å². The fourth-order valence-corrected chi connectivity index (χ4v) is 7.48. The zero-order valence-corrected chi connectivity index (χ0v) is 27.9. The number of carbonyl (C=O) groups excluding carboxylic acids is 3. The predicted molar refractivity (Wildman–Crippen MR) is 176 cm³/mol. The molecule has 48 heavy (non-hydrogen) atoms. The number of methoxy groups -OCH3 is 1. The number of ether oxygens (including phenoxy) is 2. The van der Waals surface area contributed by atoms with Crippen molar-refractivity contribution in [3.8, 4) is 5.75 Å². The molecule has 1 spiro atoms. The van der Waals surface area contributed by atoms with Crippen LogP contribution < -0.4 is 25.2 Å². The van der Waals surface area contributed by atoms with Gasteiger partial charge < -0.3 is 34.8 Å². The monoisotopic (exact) mass is 669 g/mol. The van der Waals surface area contributed by atoms with Crippen LogP contribution in [-0.2, 0) is 9.53 Å². The molecule has 260 valence electrons. The van der Waals surface area contributed by atoms with Crippen molar-refractivity contribution in [1.29, 1.82) is 0 Å². The molecule has 14 heteroatoms. The molecular weight excluding hydrogens is 624 g/mol. The maximum absolute atomic E-state index is 14.9. The smallest absolute Gasteiger partial charge is 0.409 e. The molecule has 2 aliphatic carbocycles. The van der Waals surface area contributed by atoms with Crippen molar-refractivity contribution in [2.45, 2.75) is 89.1 Å². The Morgan fingerprint density at radius 3 is 2.54 bits per heavy atom. The number of unbranched alkanes of at least 4 members (excludes halogenated alkanes) is 1. The summed E-state index contributed by atoms with van der Waals surface area (Å²) < 4.78 is 40.8. The number of nitrogens with zero attached hydrogens (tertiary/aromatic N) is 5. The summed E-state index contributed by atoms with van der Waals surface area (Å²) in [5.74, 6) is -4.25. The summed E-state index contributed by atoms with van der Waals surface area (Å²) in [6.07, 6.45) is 9.88. The highest BCUT2D eigenvalue weighted by Gasteiger charge is 2.49. The Hall–Kier alpha value is -4.23. The standard InChI is InChI=1S/C34H45F2N7O5/c1-4-5-16-48-32(46)42-14-12-33(13-15-42)18-23(19-33)38-29(44)22-10-11-25(27(17-22)47-3)39-31-37-20-26-28(40-31)43(24-8-6-7-9-24)21-34(35,36)30(45)41(26)2/h10-11,17,20,23-24H,4-9,12-16,18-19,21H2,1-3H3,(H,38,44)(H,37,39,40). The SMILES string of the molecule is CCCCOC(=O)N1CCC2(CC1)CC(NC(=O)c1ccc(Nc3ncc4c(n3)N(C3CCCC3)CC(F)(F)C(=O)N4C)c(OC)c1)C2. The third-order valence-electron chi connectivity index (χ3n) is 10.3. The van der Waals surface area contributed by atoms with Crippen molar-refractivity contribution in [2.24, 2.45) is 5.41 Å². The van der Waals surface area contributed by atoms with Gasteiger partial charge in [-0.1, -0.05) is 26.2 Å². The molecule has 3 fully saturated rings. The average molecular weight is 670 g/mol. The minimum absolute atomic E-state index is 0.0533. The molecule has 2 aliphatic heterocycles. The van der Waals surface area contributed by atoms with E-state index in [1.54, 1.807) is 28.0 Å². The number of anilines is 4. The van der Waals surface area contributed by atoms with E-state index < -0.39 is 18.4 Å². The summed E-state index contributed by atoms with van der Waals surface area (Å²) in [7, 11) is 2.81. The van der Waals surface area contributed by atoms with Gasteiger partial charge in [-0.2, -0.15) is 13.8 Å². The first kappa shape index (κ1) is 33.7. The average Bonchev–Trinajstić information content (AvgIpc) is 3.59. The number of likely N-dealkylation sites (tertiary alicyclic amines) is 1. The molecule has 6 rings (SSSR count). The van der Waals surface area contributed by atoms with Crippen molar-refractivity contribution in [2.75, 3.05) is 55.5 Å².